The van der Waals surface area contributed by atoms with Gasteiger partial charge in [0.15, 0.2) is 0 Å². The van der Waals surface area contributed by atoms with Crippen molar-refractivity contribution in [2.24, 2.45) is 0 Å². The highest BCUT2D eigenvalue weighted by atomic mass is 35.5. The Morgan fingerprint density at radius 3 is 2.70 bits per heavy atom. The van der Waals surface area contributed by atoms with Crippen molar-refractivity contribution in [2.75, 3.05) is 5.32 Å². The molecule has 0 amide bonds. The molecule has 0 saturated carbocycles. The van der Waals surface area contributed by atoms with Gasteiger partial charge < -0.3 is 5.32 Å². The fourth-order valence-electron chi connectivity index (χ4n) is 1.72. The Hall–Kier alpha value is -2.14. The first-order valence-electron chi connectivity index (χ1n) is 5.90. The first-order chi connectivity index (χ1) is 9.47. The van der Waals surface area contributed by atoms with Crippen molar-refractivity contribution in [1.82, 2.24) is 0 Å². The van der Waals surface area contributed by atoms with Gasteiger partial charge in [0.2, 0.25) is 0 Å². The number of nitrogens with one attached hydrogen (secondary N) is 1. The molecule has 2 aromatic rings. The number of nitrogens with zero attached hydrogens (tertiary/aromatic N) is 1. The van der Waals surface area contributed by atoms with Crippen LogP contribution >= 0.6 is 11.6 Å². The molecule has 0 aliphatic heterocycles. The lowest BCUT2D eigenvalue weighted by molar-refractivity contribution is -0.384. The van der Waals surface area contributed by atoms with Crippen molar-refractivity contribution in [3.8, 4) is 0 Å². The van der Waals surface area contributed by atoms with E-state index in [4.69, 9.17) is 11.6 Å². The number of anilines is 1. The second-order valence-electron chi connectivity index (χ2n) is 4.36. The number of hydrogen-bond acceptors (Lipinski definition) is 3. The van der Waals surface area contributed by atoms with Crippen LogP contribution in [-0.4, -0.2) is 4.92 Å². The largest absolute Gasteiger partial charge is 0.381 e. The molecule has 0 aliphatic rings. The summed E-state index contributed by atoms with van der Waals surface area (Å²) in [6.07, 6.45) is 0. The highest BCUT2D eigenvalue weighted by molar-refractivity contribution is 6.32. The number of halogens is 2. The quantitative estimate of drug-likeness (QED) is 0.675. The van der Waals surface area contributed by atoms with Crippen LogP contribution in [0, 0.1) is 22.9 Å². The molecular formula is C14H12ClFN2O2. The summed E-state index contributed by atoms with van der Waals surface area (Å²) < 4.78 is 13.4. The van der Waals surface area contributed by atoms with E-state index in [2.05, 4.69) is 5.32 Å². The standard InChI is InChI=1S/C14H12ClFN2O2/c1-9-2-4-11(7-13(9)16)17-8-10-3-5-12(15)14(6-10)18(19)20/h2-7,17H,8H2,1H3. The van der Waals surface area contributed by atoms with Crippen LogP contribution < -0.4 is 5.32 Å². The lowest BCUT2D eigenvalue weighted by atomic mass is 10.2. The van der Waals surface area contributed by atoms with E-state index >= 15 is 0 Å². The minimum atomic E-state index is -0.530. The average molecular weight is 295 g/mol. The van der Waals surface area contributed by atoms with Gasteiger partial charge in [-0.05, 0) is 36.2 Å². The summed E-state index contributed by atoms with van der Waals surface area (Å²) in [7, 11) is 0. The van der Waals surface area contributed by atoms with Crippen LogP contribution in [0.2, 0.25) is 5.02 Å². The number of rotatable bonds is 4. The second kappa shape index (κ2) is 5.88. The maximum Gasteiger partial charge on any atom is 0.288 e. The van der Waals surface area contributed by atoms with E-state index < -0.39 is 4.92 Å². The summed E-state index contributed by atoms with van der Waals surface area (Å²) >= 11 is 5.73. The molecule has 0 saturated heterocycles. The van der Waals surface area contributed by atoms with E-state index in [-0.39, 0.29) is 16.5 Å². The highest BCUT2D eigenvalue weighted by Gasteiger charge is 2.12. The van der Waals surface area contributed by atoms with Crippen LogP contribution in [0.25, 0.3) is 0 Å². The summed E-state index contributed by atoms with van der Waals surface area (Å²) in [5.41, 5.74) is 1.74. The normalized spacial score (nSPS) is 10.3. The Morgan fingerprint density at radius 2 is 2.05 bits per heavy atom. The summed E-state index contributed by atoms with van der Waals surface area (Å²) in [4.78, 5) is 10.3. The SMILES string of the molecule is Cc1ccc(NCc2ccc(Cl)c([N+](=O)[O-])c2)cc1F. The lowest BCUT2D eigenvalue weighted by Gasteiger charge is -2.08. The smallest absolute Gasteiger partial charge is 0.288 e. The zero-order valence-corrected chi connectivity index (χ0v) is 11.4. The predicted molar refractivity (Wildman–Crippen MR) is 76.6 cm³/mol. The van der Waals surface area contributed by atoms with Crippen molar-refractivity contribution < 1.29 is 9.31 Å². The second-order valence-corrected chi connectivity index (χ2v) is 4.77. The van der Waals surface area contributed by atoms with Crippen LogP contribution in [-0.2, 0) is 6.54 Å². The zero-order chi connectivity index (χ0) is 14.7. The Balaban J connectivity index is 2.12. The van der Waals surface area contributed by atoms with Gasteiger partial charge in [0, 0.05) is 18.3 Å². The molecule has 1 N–H and O–H groups in total. The fourth-order valence-corrected chi connectivity index (χ4v) is 1.90. The molecule has 0 aromatic heterocycles. The topological polar surface area (TPSA) is 55.2 Å². The van der Waals surface area contributed by atoms with E-state index in [1.54, 1.807) is 25.1 Å². The Kier molecular flexibility index (Phi) is 4.20. The van der Waals surface area contributed by atoms with E-state index in [1.807, 2.05) is 0 Å². The summed E-state index contributed by atoms with van der Waals surface area (Å²) in [5, 5.41) is 13.9. The monoisotopic (exact) mass is 294 g/mol. The molecule has 0 spiro atoms. The van der Waals surface area contributed by atoms with Gasteiger partial charge in [0.05, 0.1) is 4.92 Å². The summed E-state index contributed by atoms with van der Waals surface area (Å²) in [6.45, 7) is 2.03. The van der Waals surface area contributed by atoms with Gasteiger partial charge in [-0.2, -0.15) is 0 Å². The van der Waals surface area contributed by atoms with Crippen molar-refractivity contribution in [2.45, 2.75) is 13.5 Å². The maximum atomic E-state index is 13.4. The zero-order valence-electron chi connectivity index (χ0n) is 10.7. The summed E-state index contributed by atoms with van der Waals surface area (Å²) in [5.74, 6) is -0.294. The van der Waals surface area contributed by atoms with E-state index in [0.29, 0.717) is 23.4 Å². The van der Waals surface area contributed by atoms with Gasteiger partial charge in [-0.3, -0.25) is 10.1 Å². The molecule has 2 rings (SSSR count). The third kappa shape index (κ3) is 3.24. The molecular weight excluding hydrogens is 283 g/mol. The Labute approximate surface area is 120 Å². The molecule has 0 heterocycles. The fraction of sp³-hybridized carbons (Fsp3) is 0.143. The molecule has 6 heteroatoms. The number of hydrogen-bond donors (Lipinski definition) is 1. The molecule has 0 fully saturated rings. The molecule has 4 nitrogen and oxygen atoms in total. The first kappa shape index (κ1) is 14.3. The maximum absolute atomic E-state index is 13.4. The Bertz CT molecular complexity index is 662. The van der Waals surface area contributed by atoms with Crippen LogP contribution in [0.15, 0.2) is 36.4 Å². The lowest BCUT2D eigenvalue weighted by Crippen LogP contribution is -2.01. The minimum Gasteiger partial charge on any atom is -0.381 e. The molecule has 104 valence electrons. The average Bonchev–Trinajstić information content (AvgIpc) is 2.41. The predicted octanol–water partition coefficient (Wildman–Crippen LogP) is 4.31. The molecule has 20 heavy (non-hydrogen) atoms. The van der Waals surface area contributed by atoms with Gasteiger partial charge in [0.1, 0.15) is 10.8 Å². The molecule has 0 bridgehead atoms. The number of nitro benzene ring substituents is 1. The van der Waals surface area contributed by atoms with E-state index in [0.717, 1.165) is 0 Å². The molecule has 0 aliphatic carbocycles. The van der Waals surface area contributed by atoms with Crippen molar-refractivity contribution in [1.29, 1.82) is 0 Å². The van der Waals surface area contributed by atoms with Crippen molar-refractivity contribution >= 4 is 23.0 Å². The van der Waals surface area contributed by atoms with Crippen molar-refractivity contribution in [3.05, 3.63) is 68.5 Å². The van der Waals surface area contributed by atoms with Gasteiger partial charge in [-0.25, -0.2) is 4.39 Å². The van der Waals surface area contributed by atoms with Crippen LogP contribution in [0.3, 0.4) is 0 Å². The molecule has 0 radical (unpaired) electrons. The van der Waals surface area contributed by atoms with Gasteiger partial charge in [0.25, 0.3) is 5.69 Å². The van der Waals surface area contributed by atoms with Crippen LogP contribution in [0.1, 0.15) is 11.1 Å². The van der Waals surface area contributed by atoms with Crippen LogP contribution in [0.4, 0.5) is 15.8 Å². The molecule has 2 aromatic carbocycles. The summed E-state index contributed by atoms with van der Waals surface area (Å²) in [6, 6.07) is 9.38. The number of aryl methyl sites for hydroxylation is 1. The highest BCUT2D eigenvalue weighted by Crippen LogP contribution is 2.25. The van der Waals surface area contributed by atoms with Gasteiger partial charge >= 0.3 is 0 Å². The van der Waals surface area contributed by atoms with E-state index in [1.165, 1.54) is 18.2 Å². The van der Waals surface area contributed by atoms with E-state index in [9.17, 15) is 14.5 Å². The van der Waals surface area contributed by atoms with Crippen molar-refractivity contribution in [3.63, 3.8) is 0 Å². The minimum absolute atomic E-state index is 0.0973. The van der Waals surface area contributed by atoms with Gasteiger partial charge in [-0.15, -0.1) is 0 Å². The van der Waals surface area contributed by atoms with Crippen LogP contribution in [0.5, 0.6) is 0 Å². The third-order valence-electron chi connectivity index (χ3n) is 2.88. The first-order valence-corrected chi connectivity index (χ1v) is 6.28. The Morgan fingerprint density at radius 1 is 1.30 bits per heavy atom. The number of benzene rings is 2. The number of nitro groups is 1. The third-order valence-corrected chi connectivity index (χ3v) is 3.20. The van der Waals surface area contributed by atoms with Gasteiger partial charge in [-0.1, -0.05) is 23.7 Å². The molecule has 0 atom stereocenters. The molecule has 0 unspecified atom stereocenters.